The van der Waals surface area contributed by atoms with Crippen molar-refractivity contribution in [1.29, 1.82) is 0 Å². The second kappa shape index (κ2) is 2.22. The van der Waals surface area contributed by atoms with Gasteiger partial charge in [0, 0.05) is 6.42 Å². The maximum absolute atomic E-state index is 8.82. The van der Waals surface area contributed by atoms with Gasteiger partial charge in [0.2, 0.25) is 0 Å². The first-order valence-electron chi connectivity index (χ1n) is 2.81. The highest BCUT2D eigenvalue weighted by Gasteiger charge is 2.31. The first-order valence-corrected chi connectivity index (χ1v) is 2.81. The van der Waals surface area contributed by atoms with E-state index in [1.807, 2.05) is 0 Å². The van der Waals surface area contributed by atoms with E-state index in [4.69, 9.17) is 15.3 Å². The third-order valence-electron chi connectivity index (χ3n) is 1.21. The van der Waals surface area contributed by atoms with Crippen molar-refractivity contribution in [2.75, 3.05) is 13.2 Å². The maximum atomic E-state index is 8.82. The minimum absolute atomic E-state index is 0.0208. The standard InChI is InChI=1S/C5H10O4/c6-4-1-5(7,8)3-9-2-4/h4,6-8H,1-3H2. The second-order valence-corrected chi connectivity index (χ2v) is 2.36. The average molecular weight is 134 g/mol. The van der Waals surface area contributed by atoms with Gasteiger partial charge in [-0.25, -0.2) is 0 Å². The molecule has 0 aromatic rings. The van der Waals surface area contributed by atoms with Crippen LogP contribution in [0.5, 0.6) is 0 Å². The van der Waals surface area contributed by atoms with Crippen molar-refractivity contribution < 1.29 is 20.1 Å². The summed E-state index contributed by atoms with van der Waals surface area (Å²) in [4.78, 5) is 0. The summed E-state index contributed by atoms with van der Waals surface area (Å²) in [5.74, 6) is -1.82. The van der Waals surface area contributed by atoms with E-state index in [1.54, 1.807) is 0 Å². The Balaban J connectivity index is 2.41. The number of hydrogen-bond donors (Lipinski definition) is 3. The summed E-state index contributed by atoms with van der Waals surface area (Å²) in [7, 11) is 0. The van der Waals surface area contributed by atoms with Crippen LogP contribution in [0.2, 0.25) is 0 Å². The summed E-state index contributed by atoms with van der Waals surface area (Å²) >= 11 is 0. The molecule has 4 heteroatoms. The van der Waals surface area contributed by atoms with Crippen molar-refractivity contribution >= 4 is 0 Å². The molecule has 54 valence electrons. The lowest BCUT2D eigenvalue weighted by Crippen LogP contribution is -2.44. The molecule has 1 saturated heterocycles. The molecule has 0 radical (unpaired) electrons. The summed E-state index contributed by atoms with van der Waals surface area (Å²) in [5, 5.41) is 26.4. The van der Waals surface area contributed by atoms with Gasteiger partial charge in [-0.2, -0.15) is 0 Å². The fraction of sp³-hybridized carbons (Fsp3) is 1.00. The Bertz CT molecular complexity index is 101. The highest BCUT2D eigenvalue weighted by atomic mass is 16.6. The molecular formula is C5H10O4. The van der Waals surface area contributed by atoms with Crippen molar-refractivity contribution in [3.05, 3.63) is 0 Å². The molecule has 0 bridgehead atoms. The Kier molecular flexibility index (Phi) is 1.72. The van der Waals surface area contributed by atoms with Crippen LogP contribution in [-0.2, 0) is 4.74 Å². The van der Waals surface area contributed by atoms with Crippen molar-refractivity contribution in [1.82, 2.24) is 0 Å². The Hall–Kier alpha value is -0.160. The van der Waals surface area contributed by atoms with Gasteiger partial charge in [-0.1, -0.05) is 0 Å². The van der Waals surface area contributed by atoms with Gasteiger partial charge in [0.1, 0.15) is 6.61 Å². The molecule has 0 amide bonds. The molecule has 3 N–H and O–H groups in total. The molecule has 1 rings (SSSR count). The Morgan fingerprint density at radius 3 is 2.44 bits per heavy atom. The monoisotopic (exact) mass is 134 g/mol. The molecule has 9 heavy (non-hydrogen) atoms. The number of rotatable bonds is 0. The van der Waals surface area contributed by atoms with Gasteiger partial charge in [-0.3, -0.25) is 0 Å². The van der Waals surface area contributed by atoms with Gasteiger partial charge in [-0.05, 0) is 0 Å². The van der Waals surface area contributed by atoms with E-state index in [0.717, 1.165) is 0 Å². The molecule has 1 fully saturated rings. The zero-order valence-electron chi connectivity index (χ0n) is 4.95. The molecule has 0 aromatic carbocycles. The summed E-state index contributed by atoms with van der Waals surface area (Å²) in [6, 6.07) is 0. The molecule has 0 aliphatic carbocycles. The molecule has 0 saturated carbocycles. The number of hydrogen-bond acceptors (Lipinski definition) is 4. The van der Waals surface area contributed by atoms with Crippen LogP contribution in [0.25, 0.3) is 0 Å². The van der Waals surface area contributed by atoms with Gasteiger partial charge >= 0.3 is 0 Å². The van der Waals surface area contributed by atoms with Crippen LogP contribution >= 0.6 is 0 Å². The van der Waals surface area contributed by atoms with E-state index < -0.39 is 11.9 Å². The molecule has 1 aliphatic rings. The third kappa shape index (κ3) is 1.91. The van der Waals surface area contributed by atoms with Gasteiger partial charge in [0.25, 0.3) is 0 Å². The summed E-state index contributed by atoms with van der Waals surface area (Å²) in [5.41, 5.74) is 0. The van der Waals surface area contributed by atoms with Crippen LogP contribution in [0.4, 0.5) is 0 Å². The average Bonchev–Trinajstić information content (AvgIpc) is 1.60. The molecule has 1 unspecified atom stereocenters. The molecule has 1 aliphatic heterocycles. The quantitative estimate of drug-likeness (QED) is 0.351. The predicted octanol–water partition coefficient (Wildman–Crippen LogP) is -1.55. The summed E-state index contributed by atoms with van der Waals surface area (Å²) in [6.07, 6.45) is -0.763. The zero-order valence-corrected chi connectivity index (χ0v) is 4.95. The van der Waals surface area contributed by atoms with Gasteiger partial charge < -0.3 is 20.1 Å². The predicted molar refractivity (Wildman–Crippen MR) is 28.6 cm³/mol. The molecule has 0 aromatic heterocycles. The molecule has 4 nitrogen and oxygen atoms in total. The van der Waals surface area contributed by atoms with E-state index in [1.165, 1.54) is 0 Å². The van der Waals surface area contributed by atoms with Crippen molar-refractivity contribution in [2.45, 2.75) is 18.3 Å². The van der Waals surface area contributed by atoms with Gasteiger partial charge in [0.05, 0.1) is 12.7 Å². The Morgan fingerprint density at radius 1 is 1.44 bits per heavy atom. The molecule has 1 heterocycles. The normalized spacial score (nSPS) is 34.3. The van der Waals surface area contributed by atoms with Crippen LogP contribution < -0.4 is 0 Å². The smallest absolute Gasteiger partial charge is 0.189 e. The fourth-order valence-corrected chi connectivity index (χ4v) is 0.854. The SMILES string of the molecule is OC1COCC(O)(O)C1. The van der Waals surface area contributed by atoms with E-state index in [9.17, 15) is 0 Å². The van der Waals surface area contributed by atoms with E-state index >= 15 is 0 Å². The van der Waals surface area contributed by atoms with Crippen LogP contribution in [0, 0.1) is 0 Å². The highest BCUT2D eigenvalue weighted by Crippen LogP contribution is 2.15. The minimum atomic E-state index is -1.82. The zero-order chi connectivity index (χ0) is 6.91. The van der Waals surface area contributed by atoms with Crippen LogP contribution in [0.3, 0.4) is 0 Å². The Morgan fingerprint density at radius 2 is 2.11 bits per heavy atom. The first kappa shape index (κ1) is 6.95. The van der Waals surface area contributed by atoms with Crippen molar-refractivity contribution in [2.24, 2.45) is 0 Å². The van der Waals surface area contributed by atoms with Crippen LogP contribution in [-0.4, -0.2) is 40.4 Å². The lowest BCUT2D eigenvalue weighted by atomic mass is 10.1. The van der Waals surface area contributed by atoms with Crippen molar-refractivity contribution in [3.8, 4) is 0 Å². The minimum Gasteiger partial charge on any atom is -0.391 e. The number of ether oxygens (including phenoxy) is 1. The third-order valence-corrected chi connectivity index (χ3v) is 1.21. The van der Waals surface area contributed by atoms with Crippen LogP contribution in [0.1, 0.15) is 6.42 Å². The fourth-order valence-electron chi connectivity index (χ4n) is 0.854. The van der Waals surface area contributed by atoms with Crippen LogP contribution in [0.15, 0.2) is 0 Å². The van der Waals surface area contributed by atoms with Gasteiger partial charge in [-0.15, -0.1) is 0 Å². The maximum Gasteiger partial charge on any atom is 0.189 e. The van der Waals surface area contributed by atoms with Crippen molar-refractivity contribution in [3.63, 3.8) is 0 Å². The van der Waals surface area contributed by atoms with E-state index in [2.05, 4.69) is 4.74 Å². The van der Waals surface area contributed by atoms with E-state index in [0.29, 0.717) is 0 Å². The molecule has 1 atom stereocenters. The second-order valence-electron chi connectivity index (χ2n) is 2.36. The largest absolute Gasteiger partial charge is 0.391 e. The molecular weight excluding hydrogens is 124 g/mol. The summed E-state index contributed by atoms with van der Waals surface area (Å²) in [6.45, 7) is 0.0902. The topological polar surface area (TPSA) is 69.9 Å². The Labute approximate surface area is 52.7 Å². The highest BCUT2D eigenvalue weighted by molar-refractivity contribution is 4.73. The lowest BCUT2D eigenvalue weighted by Gasteiger charge is -2.29. The molecule has 0 spiro atoms. The van der Waals surface area contributed by atoms with E-state index in [-0.39, 0.29) is 19.6 Å². The first-order chi connectivity index (χ1) is 4.10. The van der Waals surface area contributed by atoms with Gasteiger partial charge in [0.15, 0.2) is 5.79 Å². The number of aliphatic hydroxyl groups excluding tert-OH is 1. The lowest BCUT2D eigenvalue weighted by molar-refractivity contribution is -0.244. The number of aliphatic hydroxyl groups is 3. The summed E-state index contributed by atoms with van der Waals surface area (Å²) < 4.78 is 4.65.